The van der Waals surface area contributed by atoms with Crippen molar-refractivity contribution in [2.45, 2.75) is 32.0 Å². The van der Waals surface area contributed by atoms with Gasteiger partial charge in [-0.15, -0.1) is 0 Å². The number of aliphatic hydroxyl groups is 1. The van der Waals surface area contributed by atoms with E-state index < -0.39 is 6.10 Å². The van der Waals surface area contributed by atoms with Gasteiger partial charge in [0.1, 0.15) is 0 Å². The number of nitrogens with one attached hydrogen (secondary N) is 1. The highest BCUT2D eigenvalue weighted by molar-refractivity contribution is 5.94. The number of amides is 1. The molecular weight excluding hydrogens is 360 g/mol. The molecule has 0 bridgehead atoms. The molecule has 0 spiro atoms. The second-order valence-corrected chi connectivity index (χ2v) is 7.48. The fourth-order valence-electron chi connectivity index (χ4n) is 3.36. The highest BCUT2D eigenvalue weighted by Crippen LogP contribution is 2.23. The quantitative estimate of drug-likeness (QED) is 0.549. The fourth-order valence-corrected chi connectivity index (χ4v) is 3.36. The summed E-state index contributed by atoms with van der Waals surface area (Å²) in [4.78, 5) is 12.3. The number of hydrogen-bond acceptors (Lipinski definition) is 3. The minimum Gasteiger partial charge on any atom is -0.387 e. The Morgan fingerprint density at radius 2 is 1.48 bits per heavy atom. The van der Waals surface area contributed by atoms with Crippen LogP contribution in [0.15, 0.2) is 84.9 Å². The summed E-state index contributed by atoms with van der Waals surface area (Å²) in [6, 6.07) is 26.5. The van der Waals surface area contributed by atoms with Gasteiger partial charge in [0, 0.05) is 18.2 Å². The predicted octanol–water partition coefficient (Wildman–Crippen LogP) is 3.86. The van der Waals surface area contributed by atoms with E-state index in [2.05, 4.69) is 5.32 Å². The molecule has 0 saturated carbocycles. The molecule has 4 heteroatoms. The van der Waals surface area contributed by atoms with E-state index in [4.69, 9.17) is 5.73 Å². The largest absolute Gasteiger partial charge is 0.387 e. The number of carbonyl (C=O) groups is 1. The van der Waals surface area contributed by atoms with E-state index in [1.807, 2.05) is 91.9 Å². The molecule has 0 radical (unpaired) electrons. The monoisotopic (exact) mass is 388 g/mol. The summed E-state index contributed by atoms with van der Waals surface area (Å²) in [6.45, 7) is 2.54. The van der Waals surface area contributed by atoms with Gasteiger partial charge in [-0.25, -0.2) is 0 Å². The lowest BCUT2D eigenvalue weighted by Crippen LogP contribution is -2.36. The number of aliphatic hydroxyl groups excluding tert-OH is 1. The lowest BCUT2D eigenvalue weighted by atomic mass is 9.88. The van der Waals surface area contributed by atoms with Crippen LogP contribution in [0.2, 0.25) is 0 Å². The van der Waals surface area contributed by atoms with Crippen LogP contribution in [0, 0.1) is 5.92 Å². The Bertz CT molecular complexity index is 895. The van der Waals surface area contributed by atoms with Crippen LogP contribution < -0.4 is 11.1 Å². The zero-order valence-corrected chi connectivity index (χ0v) is 16.7. The Morgan fingerprint density at radius 1 is 0.897 bits per heavy atom. The predicted molar refractivity (Wildman–Crippen MR) is 116 cm³/mol. The number of nitrogens with two attached hydrogens (primary N) is 1. The minimum atomic E-state index is -0.700. The van der Waals surface area contributed by atoms with Crippen LogP contribution in [-0.2, 0) is 13.0 Å². The topological polar surface area (TPSA) is 75.4 Å². The number of rotatable bonds is 8. The highest BCUT2D eigenvalue weighted by atomic mass is 16.3. The third-order valence-corrected chi connectivity index (χ3v) is 5.23. The van der Waals surface area contributed by atoms with Gasteiger partial charge in [-0.2, -0.15) is 0 Å². The average molecular weight is 389 g/mol. The van der Waals surface area contributed by atoms with Crippen molar-refractivity contribution in [2.75, 3.05) is 0 Å². The van der Waals surface area contributed by atoms with Gasteiger partial charge in [0.15, 0.2) is 0 Å². The molecule has 3 rings (SSSR count). The van der Waals surface area contributed by atoms with Crippen LogP contribution in [0.1, 0.15) is 40.1 Å². The van der Waals surface area contributed by atoms with E-state index in [0.717, 1.165) is 23.1 Å². The lowest BCUT2D eigenvalue weighted by molar-refractivity contribution is 0.0951. The number of benzene rings is 3. The standard InChI is InChI=1S/C25H28N2O2/c1-18(23(26)24(28)21-10-6-3-7-11-21)16-19-12-14-22(15-13-19)25(29)27-17-20-8-4-2-5-9-20/h2-15,18,23-24,28H,16-17,26H2,1H3,(H,27,29)/t18?,23-,24-/m1/s1. The summed E-state index contributed by atoms with van der Waals surface area (Å²) in [7, 11) is 0. The first kappa shape index (κ1) is 20.8. The van der Waals surface area contributed by atoms with Crippen molar-refractivity contribution in [2.24, 2.45) is 11.7 Å². The lowest BCUT2D eigenvalue weighted by Gasteiger charge is -2.25. The Morgan fingerprint density at radius 3 is 2.10 bits per heavy atom. The molecule has 4 nitrogen and oxygen atoms in total. The van der Waals surface area contributed by atoms with Gasteiger partial charge in [-0.3, -0.25) is 4.79 Å². The van der Waals surface area contributed by atoms with Crippen LogP contribution in [0.4, 0.5) is 0 Å². The van der Waals surface area contributed by atoms with Crippen molar-refractivity contribution in [3.05, 3.63) is 107 Å². The molecule has 3 atom stereocenters. The Hall–Kier alpha value is -2.95. The van der Waals surface area contributed by atoms with Crippen LogP contribution >= 0.6 is 0 Å². The van der Waals surface area contributed by atoms with E-state index in [1.54, 1.807) is 0 Å². The van der Waals surface area contributed by atoms with E-state index in [-0.39, 0.29) is 17.9 Å². The van der Waals surface area contributed by atoms with Crippen LogP contribution in [-0.4, -0.2) is 17.1 Å². The Kier molecular flexibility index (Phi) is 7.17. The van der Waals surface area contributed by atoms with E-state index in [9.17, 15) is 9.90 Å². The number of carbonyl (C=O) groups excluding carboxylic acids is 1. The van der Waals surface area contributed by atoms with Crippen molar-refractivity contribution in [1.82, 2.24) is 5.32 Å². The molecule has 150 valence electrons. The first-order chi connectivity index (χ1) is 14.0. The van der Waals surface area contributed by atoms with Crippen molar-refractivity contribution >= 4 is 5.91 Å². The molecule has 1 amide bonds. The summed E-state index contributed by atoms with van der Waals surface area (Å²) in [5, 5.41) is 13.5. The molecule has 1 unspecified atom stereocenters. The normalized spacial score (nSPS) is 14.0. The fraction of sp³-hybridized carbons (Fsp3) is 0.240. The second-order valence-electron chi connectivity index (χ2n) is 7.48. The first-order valence-electron chi connectivity index (χ1n) is 9.94. The van der Waals surface area contributed by atoms with Crippen LogP contribution in [0.3, 0.4) is 0 Å². The molecular formula is C25H28N2O2. The Balaban J connectivity index is 1.54. The molecule has 0 saturated heterocycles. The average Bonchev–Trinajstić information content (AvgIpc) is 2.78. The SMILES string of the molecule is CC(Cc1ccc(C(=O)NCc2ccccc2)cc1)[C@@H](N)[C@H](O)c1ccccc1. The van der Waals surface area contributed by atoms with Crippen molar-refractivity contribution in [3.63, 3.8) is 0 Å². The number of hydrogen-bond donors (Lipinski definition) is 3. The molecule has 4 N–H and O–H groups in total. The molecule has 0 aromatic heterocycles. The van der Waals surface area contributed by atoms with E-state index in [1.165, 1.54) is 0 Å². The third-order valence-electron chi connectivity index (χ3n) is 5.23. The Labute approximate surface area is 172 Å². The summed E-state index contributed by atoms with van der Waals surface area (Å²) in [5.41, 5.74) is 9.92. The summed E-state index contributed by atoms with van der Waals surface area (Å²) < 4.78 is 0. The molecule has 3 aromatic carbocycles. The molecule has 0 heterocycles. The van der Waals surface area contributed by atoms with Crippen LogP contribution in [0.25, 0.3) is 0 Å². The molecule has 0 fully saturated rings. The maximum Gasteiger partial charge on any atom is 0.251 e. The molecule has 0 aliphatic heterocycles. The summed E-state index contributed by atoms with van der Waals surface area (Å²) in [6.07, 6.45) is 0.0333. The van der Waals surface area contributed by atoms with Gasteiger partial charge in [0.05, 0.1) is 6.10 Å². The van der Waals surface area contributed by atoms with Gasteiger partial charge < -0.3 is 16.2 Å². The summed E-state index contributed by atoms with van der Waals surface area (Å²) >= 11 is 0. The van der Waals surface area contributed by atoms with E-state index >= 15 is 0 Å². The van der Waals surface area contributed by atoms with Crippen LogP contribution in [0.5, 0.6) is 0 Å². The maximum atomic E-state index is 12.3. The zero-order valence-electron chi connectivity index (χ0n) is 16.7. The molecule has 3 aromatic rings. The van der Waals surface area contributed by atoms with E-state index in [0.29, 0.717) is 12.1 Å². The van der Waals surface area contributed by atoms with Gasteiger partial charge in [0.2, 0.25) is 0 Å². The molecule has 29 heavy (non-hydrogen) atoms. The van der Waals surface area contributed by atoms with Gasteiger partial charge >= 0.3 is 0 Å². The first-order valence-corrected chi connectivity index (χ1v) is 9.94. The third kappa shape index (κ3) is 5.76. The maximum absolute atomic E-state index is 12.3. The van der Waals surface area contributed by atoms with Gasteiger partial charge in [0.25, 0.3) is 5.91 Å². The van der Waals surface area contributed by atoms with Gasteiger partial charge in [-0.1, -0.05) is 79.7 Å². The summed E-state index contributed by atoms with van der Waals surface area (Å²) in [5.74, 6) is -0.00684. The second kappa shape index (κ2) is 10.0. The van der Waals surface area contributed by atoms with Crippen molar-refractivity contribution < 1.29 is 9.90 Å². The zero-order chi connectivity index (χ0) is 20.6. The van der Waals surface area contributed by atoms with Gasteiger partial charge in [-0.05, 0) is 41.2 Å². The van der Waals surface area contributed by atoms with Crippen molar-refractivity contribution in [3.8, 4) is 0 Å². The van der Waals surface area contributed by atoms with Crippen molar-refractivity contribution in [1.29, 1.82) is 0 Å². The molecule has 0 aliphatic rings. The molecule has 0 aliphatic carbocycles. The highest BCUT2D eigenvalue weighted by Gasteiger charge is 2.23. The smallest absolute Gasteiger partial charge is 0.251 e. The minimum absolute atomic E-state index is 0.0861.